The van der Waals surface area contributed by atoms with E-state index < -0.39 is 31.4 Å². The molecule has 7 rings (SSSR count). The second-order valence-electron chi connectivity index (χ2n) is 16.0. The van der Waals surface area contributed by atoms with E-state index in [1.54, 1.807) is 18.3 Å². The molecular formula is C42H49F3N4O2Si. The summed E-state index contributed by atoms with van der Waals surface area (Å²) in [6.45, 7) is 14.6. The van der Waals surface area contributed by atoms with Crippen molar-refractivity contribution in [3.8, 4) is 34.5 Å². The number of fused-ring (bicyclic) bond motifs is 3. The first-order valence-electron chi connectivity index (χ1n) is 18.9. The Balaban J connectivity index is 1.41. The molecule has 4 heterocycles. The van der Waals surface area contributed by atoms with Gasteiger partial charge in [0.25, 0.3) is 0 Å². The Labute approximate surface area is 305 Å². The maximum absolute atomic E-state index is 17.2. The molecular weight excluding hydrogens is 678 g/mol. The maximum atomic E-state index is 17.2. The second kappa shape index (κ2) is 14.1. The quantitative estimate of drug-likeness (QED) is 0.144. The van der Waals surface area contributed by atoms with Gasteiger partial charge in [0, 0.05) is 35.5 Å². The summed E-state index contributed by atoms with van der Waals surface area (Å²) >= 11 is 0. The minimum atomic E-state index is -2.26. The highest BCUT2D eigenvalue weighted by atomic mass is 28.3. The van der Waals surface area contributed by atoms with E-state index in [-0.39, 0.29) is 40.7 Å². The zero-order valence-electron chi connectivity index (χ0n) is 31.1. The lowest BCUT2D eigenvalue weighted by molar-refractivity contribution is 0.107. The topological polar surface area (TPSA) is 71.4 Å². The van der Waals surface area contributed by atoms with E-state index in [0.29, 0.717) is 51.4 Å². The average molecular weight is 727 g/mol. The molecule has 0 amide bonds. The predicted octanol–water partition coefficient (Wildman–Crippen LogP) is 10.3. The van der Waals surface area contributed by atoms with E-state index in [1.807, 2.05) is 0 Å². The van der Waals surface area contributed by atoms with Crippen LogP contribution in [0, 0.1) is 23.1 Å². The van der Waals surface area contributed by atoms with E-state index in [2.05, 4.69) is 74.0 Å². The second-order valence-corrected chi connectivity index (χ2v) is 21.6. The van der Waals surface area contributed by atoms with Crippen LogP contribution >= 0.6 is 0 Å². The molecule has 2 aliphatic heterocycles. The van der Waals surface area contributed by atoms with Gasteiger partial charge in [0.1, 0.15) is 43.6 Å². The van der Waals surface area contributed by atoms with Crippen molar-refractivity contribution in [2.45, 2.75) is 115 Å². The normalized spacial score (nSPS) is 20.9. The molecule has 2 fully saturated rings. The van der Waals surface area contributed by atoms with Gasteiger partial charge in [-0.05, 0) is 90.9 Å². The number of hydrogen-bond acceptors (Lipinski definition) is 6. The van der Waals surface area contributed by atoms with E-state index in [0.717, 1.165) is 50.6 Å². The number of aromatic nitrogens is 3. The molecule has 0 saturated carbocycles. The Morgan fingerprint density at radius 1 is 1.02 bits per heavy atom. The number of phenolic OH excluding ortho intramolecular Hbond substituents is 1. The Kier molecular flexibility index (Phi) is 9.89. The monoisotopic (exact) mass is 726 g/mol. The number of aromatic hydroxyl groups is 1. The van der Waals surface area contributed by atoms with Gasteiger partial charge in [0.05, 0.1) is 16.8 Å². The fourth-order valence-corrected chi connectivity index (χ4v) is 14.8. The molecule has 2 aromatic heterocycles. The third-order valence-corrected chi connectivity index (χ3v) is 18.4. The summed E-state index contributed by atoms with van der Waals surface area (Å²) in [6.07, 6.45) is 8.69. The molecule has 10 heteroatoms. The number of halogens is 3. The van der Waals surface area contributed by atoms with Gasteiger partial charge in [-0.1, -0.05) is 59.6 Å². The van der Waals surface area contributed by atoms with Crippen molar-refractivity contribution >= 4 is 35.3 Å². The smallest absolute Gasteiger partial charge is 0.317 e. The fourth-order valence-electron chi connectivity index (χ4n) is 9.57. The molecule has 1 aliphatic carbocycles. The molecule has 2 atom stereocenters. The minimum Gasteiger partial charge on any atom is -0.508 e. The Hall–Kier alpha value is -3.94. The highest BCUT2D eigenvalue weighted by Crippen LogP contribution is 2.43. The molecule has 274 valence electrons. The summed E-state index contributed by atoms with van der Waals surface area (Å²) in [4.78, 5) is 16.2. The Bertz CT molecular complexity index is 2100. The lowest BCUT2D eigenvalue weighted by atomic mass is 9.94. The molecule has 4 aromatic rings. The van der Waals surface area contributed by atoms with Gasteiger partial charge in [-0.2, -0.15) is 9.97 Å². The fraction of sp³-hybridized carbons (Fsp3) is 0.500. The highest BCUT2D eigenvalue weighted by molar-refractivity contribution is 6.90. The number of benzene rings is 2. The van der Waals surface area contributed by atoms with Crippen molar-refractivity contribution in [3.05, 3.63) is 59.4 Å². The Morgan fingerprint density at radius 3 is 2.50 bits per heavy atom. The van der Waals surface area contributed by atoms with Crippen LogP contribution in [0.25, 0.3) is 38.5 Å². The van der Waals surface area contributed by atoms with Gasteiger partial charge >= 0.3 is 6.01 Å². The van der Waals surface area contributed by atoms with Gasteiger partial charge < -0.3 is 9.84 Å². The van der Waals surface area contributed by atoms with Gasteiger partial charge in [-0.25, -0.2) is 13.2 Å². The minimum absolute atomic E-state index is 0.0263. The number of pyridine rings is 1. The first-order valence-corrected chi connectivity index (χ1v) is 21.1. The van der Waals surface area contributed by atoms with Crippen molar-refractivity contribution in [2.75, 3.05) is 19.7 Å². The number of nitrogens with zero attached hydrogens (tertiary/aromatic N) is 4. The number of alkyl halides is 1. The summed E-state index contributed by atoms with van der Waals surface area (Å²) < 4.78 is 54.0. The molecule has 6 nitrogen and oxygen atoms in total. The van der Waals surface area contributed by atoms with Crippen molar-refractivity contribution < 1.29 is 23.0 Å². The SMILES string of the molecule is CC(C)[Si](C#Cc1c(F)ccc2cc(O)cc(-c3ncc4c(C5=CCCCC5)nc(OC[C@@]56CCCN5C[C@H](F)C6)nc4c3F)c12)(C(C)C)C(C)C. The molecule has 0 unspecified atom stereocenters. The molecule has 0 radical (unpaired) electrons. The lowest BCUT2D eigenvalue weighted by Gasteiger charge is -2.38. The van der Waals surface area contributed by atoms with Crippen LogP contribution in [0.15, 0.2) is 36.5 Å². The lowest BCUT2D eigenvalue weighted by Crippen LogP contribution is -2.43. The molecule has 0 bridgehead atoms. The van der Waals surface area contributed by atoms with Crippen molar-refractivity contribution in [2.24, 2.45) is 0 Å². The highest BCUT2D eigenvalue weighted by Gasteiger charge is 2.49. The third kappa shape index (κ3) is 6.28. The van der Waals surface area contributed by atoms with Crippen molar-refractivity contribution in [1.82, 2.24) is 19.9 Å². The van der Waals surface area contributed by atoms with Crippen LogP contribution in [0.1, 0.15) is 97.7 Å². The largest absolute Gasteiger partial charge is 0.508 e. The van der Waals surface area contributed by atoms with Crippen molar-refractivity contribution in [1.29, 1.82) is 0 Å². The van der Waals surface area contributed by atoms with E-state index >= 15 is 8.78 Å². The van der Waals surface area contributed by atoms with Gasteiger partial charge in [-0.15, -0.1) is 5.54 Å². The zero-order chi connectivity index (χ0) is 36.9. The molecule has 2 aromatic carbocycles. The molecule has 0 spiro atoms. The number of hydrogen-bond donors (Lipinski definition) is 1. The first kappa shape index (κ1) is 36.4. The third-order valence-electron chi connectivity index (χ3n) is 12.1. The van der Waals surface area contributed by atoms with Crippen molar-refractivity contribution in [3.63, 3.8) is 0 Å². The molecule has 52 heavy (non-hydrogen) atoms. The number of phenols is 1. The average Bonchev–Trinajstić information content (AvgIpc) is 3.63. The number of allylic oxidation sites excluding steroid dienone is 2. The summed E-state index contributed by atoms with van der Waals surface area (Å²) in [5.74, 6) is 1.93. The predicted molar refractivity (Wildman–Crippen MR) is 205 cm³/mol. The van der Waals surface area contributed by atoms with E-state index in [1.165, 1.54) is 12.1 Å². The molecule has 3 aliphatic rings. The number of rotatable bonds is 8. The van der Waals surface area contributed by atoms with Crippen LogP contribution in [-0.2, 0) is 0 Å². The summed E-state index contributed by atoms with van der Waals surface area (Å²) in [5.41, 5.74) is 6.08. The van der Waals surface area contributed by atoms with Gasteiger partial charge in [0.2, 0.25) is 0 Å². The van der Waals surface area contributed by atoms with Gasteiger partial charge in [0.15, 0.2) is 5.82 Å². The molecule has 1 N–H and O–H groups in total. The first-order chi connectivity index (χ1) is 24.8. The summed E-state index contributed by atoms with van der Waals surface area (Å²) in [7, 11) is -2.26. The van der Waals surface area contributed by atoms with Crippen LogP contribution in [0.5, 0.6) is 11.8 Å². The van der Waals surface area contributed by atoms with Crippen LogP contribution < -0.4 is 4.74 Å². The van der Waals surface area contributed by atoms with Crippen LogP contribution in [0.3, 0.4) is 0 Å². The van der Waals surface area contributed by atoms with E-state index in [9.17, 15) is 9.50 Å². The Morgan fingerprint density at radius 2 is 1.79 bits per heavy atom. The summed E-state index contributed by atoms with van der Waals surface area (Å²) in [5, 5.41) is 12.2. The van der Waals surface area contributed by atoms with Crippen LogP contribution in [-0.4, -0.2) is 64.4 Å². The standard InChI is InChI=1S/C42H49F3N4O2Si/c1-25(2)52(26(3)4,27(5)6)18-15-32-35(44)14-13-29-19-31(50)20-33(36(29)32)39-37(45)40-34(22-46-39)38(28-11-8-7-9-12-28)47-41(48-40)51-24-42-16-10-17-49(42)23-30(43)21-42/h11,13-14,19-20,22,25-27,30,50H,7-10,12,16-17,21,23-24H2,1-6H3/t30-,42+/m1/s1. The molecule has 2 saturated heterocycles. The van der Waals surface area contributed by atoms with Gasteiger partial charge in [-0.3, -0.25) is 9.88 Å². The van der Waals surface area contributed by atoms with Crippen LogP contribution in [0.4, 0.5) is 13.2 Å². The van der Waals surface area contributed by atoms with E-state index in [4.69, 9.17) is 9.72 Å². The van der Waals surface area contributed by atoms with Crippen LogP contribution in [0.2, 0.25) is 16.6 Å². The zero-order valence-corrected chi connectivity index (χ0v) is 32.1. The number of ether oxygens (including phenoxy) is 1. The maximum Gasteiger partial charge on any atom is 0.317 e. The summed E-state index contributed by atoms with van der Waals surface area (Å²) in [6, 6.07) is 5.93.